The monoisotopic (exact) mass is 175 g/mol. The van der Waals surface area contributed by atoms with Crippen LogP contribution < -0.4 is 0 Å². The van der Waals surface area contributed by atoms with E-state index in [1.54, 1.807) is 6.08 Å². The molecule has 1 rings (SSSR count). The van der Waals surface area contributed by atoms with E-state index in [1.807, 2.05) is 0 Å². The summed E-state index contributed by atoms with van der Waals surface area (Å²) in [5.74, 6) is 0. The van der Waals surface area contributed by atoms with Crippen molar-refractivity contribution in [3.05, 3.63) is 11.6 Å². The molecule has 0 aromatic rings. The fourth-order valence-electron chi connectivity index (χ4n) is 1.24. The fraction of sp³-hybridized carbons (Fsp3) is 0.714. The molecule has 1 fully saturated rings. The van der Waals surface area contributed by atoms with Gasteiger partial charge in [0.2, 0.25) is 0 Å². The van der Waals surface area contributed by atoms with Gasteiger partial charge in [-0.15, -0.1) is 0 Å². The van der Waals surface area contributed by atoms with Crippen molar-refractivity contribution in [2.75, 3.05) is 19.4 Å². The molecule has 0 aromatic heterocycles. The van der Waals surface area contributed by atoms with Crippen molar-refractivity contribution < 1.29 is 14.8 Å². The maximum atomic E-state index is 11.0. The summed E-state index contributed by atoms with van der Waals surface area (Å²) in [4.78, 5) is 0. The molecule has 0 saturated carbocycles. The summed E-state index contributed by atoms with van der Waals surface area (Å²) in [7, 11) is -1.13. The van der Waals surface area contributed by atoms with E-state index in [1.165, 1.54) is 0 Å². The second-order valence-electron chi connectivity index (χ2n) is 2.56. The Kier molecular flexibility index (Phi) is 3.18. The van der Waals surface area contributed by atoms with Gasteiger partial charge in [0.25, 0.3) is 0 Å². The van der Waals surface area contributed by atoms with Crippen LogP contribution in [0.4, 0.5) is 0 Å². The van der Waals surface area contributed by atoms with Crippen molar-refractivity contribution in [1.82, 2.24) is 0 Å². The zero-order valence-electron chi connectivity index (χ0n) is 6.23. The van der Waals surface area contributed by atoms with Crippen LogP contribution in [0, 0.1) is 0 Å². The van der Waals surface area contributed by atoms with Crippen molar-refractivity contribution in [3.8, 4) is 0 Å². The van der Waals surface area contributed by atoms with E-state index < -0.39 is 7.80 Å². The van der Waals surface area contributed by atoms with Crippen molar-refractivity contribution in [2.24, 2.45) is 0 Å². The number of rotatable bonds is 3. The summed E-state index contributed by atoms with van der Waals surface area (Å²) in [5, 5.41) is 17.1. The van der Waals surface area contributed by atoms with Crippen LogP contribution >= 0.6 is 7.80 Å². The molecule has 0 aliphatic carbocycles. The molecule has 1 aliphatic rings. The van der Waals surface area contributed by atoms with Crippen LogP contribution in [0.1, 0.15) is 6.42 Å². The molecule has 4 heteroatoms. The molecular weight excluding hydrogens is 163 g/mol. The first-order valence-electron chi connectivity index (χ1n) is 3.64. The van der Waals surface area contributed by atoms with Crippen molar-refractivity contribution >= 4 is 7.80 Å². The third kappa shape index (κ3) is 1.86. The van der Waals surface area contributed by atoms with E-state index in [-0.39, 0.29) is 18.9 Å². The highest BCUT2D eigenvalue weighted by atomic mass is 31.1. The summed E-state index contributed by atoms with van der Waals surface area (Å²) in [6.45, 7) is 0.0922. The zero-order chi connectivity index (χ0) is 8.27. The highest BCUT2D eigenvalue weighted by Gasteiger charge is 2.45. The second-order valence-corrected chi connectivity index (χ2v) is 4.34. The smallest absolute Gasteiger partial charge is 0.351 e. The van der Waals surface area contributed by atoms with Gasteiger partial charge in [0.1, 0.15) is 0 Å². The van der Waals surface area contributed by atoms with E-state index in [0.717, 1.165) is 5.57 Å². The Balaban J connectivity index is 2.47. The topological polar surface area (TPSA) is 57.5 Å². The van der Waals surface area contributed by atoms with E-state index in [4.69, 9.17) is 10.2 Å². The van der Waals surface area contributed by atoms with Gasteiger partial charge < -0.3 is 10.2 Å². The molecule has 0 amide bonds. The Bertz CT molecular complexity index is 188. The van der Waals surface area contributed by atoms with Gasteiger partial charge in [-0.3, -0.25) is 0 Å². The van der Waals surface area contributed by atoms with Crippen LogP contribution in [0.2, 0.25) is 0 Å². The Morgan fingerprint density at radius 1 is 1.64 bits per heavy atom. The number of aliphatic hydroxyl groups is 2. The maximum absolute atomic E-state index is 11.0. The molecule has 11 heavy (non-hydrogen) atoms. The summed E-state index contributed by atoms with van der Waals surface area (Å²) in [6, 6.07) is 0. The average molecular weight is 175 g/mol. The molecule has 2 unspecified atom stereocenters. The summed E-state index contributed by atoms with van der Waals surface area (Å²) >= 11 is 0. The molecule has 1 heterocycles. The molecule has 0 spiro atoms. The lowest BCUT2D eigenvalue weighted by molar-refractivity contribution is 0.287. The molecular formula is C7H12O3P+. The average Bonchev–Trinajstić information content (AvgIpc) is 2.00. The van der Waals surface area contributed by atoms with Crippen LogP contribution in [0.3, 0.4) is 0 Å². The van der Waals surface area contributed by atoms with E-state index in [9.17, 15) is 4.57 Å². The Morgan fingerprint density at radius 3 is 2.82 bits per heavy atom. The van der Waals surface area contributed by atoms with Crippen molar-refractivity contribution in [1.29, 1.82) is 0 Å². The third-order valence-corrected chi connectivity index (χ3v) is 3.83. The molecule has 1 aliphatic heterocycles. The lowest BCUT2D eigenvalue weighted by Gasteiger charge is -2.15. The minimum absolute atomic E-state index is 0.0143. The summed E-state index contributed by atoms with van der Waals surface area (Å²) < 4.78 is 11.0. The van der Waals surface area contributed by atoms with Crippen LogP contribution in [0.25, 0.3) is 0 Å². The third-order valence-electron chi connectivity index (χ3n) is 1.87. The van der Waals surface area contributed by atoms with Crippen molar-refractivity contribution in [3.63, 3.8) is 0 Å². The number of hydrogen-bond acceptors (Lipinski definition) is 3. The van der Waals surface area contributed by atoms with Crippen molar-refractivity contribution in [2.45, 2.75) is 12.1 Å². The normalized spacial score (nSPS) is 30.5. The van der Waals surface area contributed by atoms with Crippen LogP contribution in [0.5, 0.6) is 0 Å². The summed E-state index contributed by atoms with van der Waals surface area (Å²) in [5.41, 5.74) is 1.09. The SMILES string of the molecule is O=[P+]1CC(=CCO)C1CCO. The first kappa shape index (κ1) is 8.85. The van der Waals surface area contributed by atoms with Gasteiger partial charge >= 0.3 is 7.80 Å². The quantitative estimate of drug-likeness (QED) is 0.485. The van der Waals surface area contributed by atoms with Gasteiger partial charge in [0, 0.05) is 18.6 Å². The molecule has 62 valence electrons. The Hall–Kier alpha value is -0.240. The predicted octanol–water partition coefficient (Wildman–Crippen LogP) is 0.497. The maximum Gasteiger partial charge on any atom is 0.351 e. The molecule has 0 bridgehead atoms. The molecule has 2 atom stereocenters. The minimum atomic E-state index is -1.13. The largest absolute Gasteiger partial charge is 0.396 e. The number of aliphatic hydroxyl groups excluding tert-OH is 2. The van der Waals surface area contributed by atoms with Gasteiger partial charge in [-0.1, -0.05) is 10.6 Å². The van der Waals surface area contributed by atoms with Gasteiger partial charge in [-0.25, -0.2) is 0 Å². The number of allylic oxidation sites excluding steroid dienone is 1. The Morgan fingerprint density at radius 2 is 2.36 bits per heavy atom. The molecule has 1 saturated heterocycles. The predicted molar refractivity (Wildman–Crippen MR) is 43.1 cm³/mol. The van der Waals surface area contributed by atoms with Crippen LogP contribution in [-0.2, 0) is 4.57 Å². The summed E-state index contributed by atoms with van der Waals surface area (Å²) in [6.07, 6.45) is 2.87. The zero-order valence-corrected chi connectivity index (χ0v) is 7.13. The van der Waals surface area contributed by atoms with Gasteiger partial charge in [0.05, 0.1) is 6.61 Å². The first-order chi connectivity index (χ1) is 5.29. The molecule has 0 radical (unpaired) electrons. The minimum Gasteiger partial charge on any atom is -0.396 e. The Labute approximate surface area is 66.5 Å². The number of hydrogen-bond donors (Lipinski definition) is 2. The second kappa shape index (κ2) is 3.96. The molecule has 2 N–H and O–H groups in total. The fourth-order valence-corrected chi connectivity index (χ4v) is 2.81. The first-order valence-corrected chi connectivity index (χ1v) is 5.15. The molecule has 3 nitrogen and oxygen atoms in total. The van der Waals surface area contributed by atoms with Gasteiger partial charge in [-0.05, 0) is 0 Å². The van der Waals surface area contributed by atoms with Gasteiger partial charge in [0.15, 0.2) is 11.8 Å². The van der Waals surface area contributed by atoms with Crippen LogP contribution in [-0.4, -0.2) is 35.2 Å². The highest BCUT2D eigenvalue weighted by molar-refractivity contribution is 7.48. The molecule has 0 aromatic carbocycles. The lowest BCUT2D eigenvalue weighted by atomic mass is 10.1. The highest BCUT2D eigenvalue weighted by Crippen LogP contribution is 2.48. The van der Waals surface area contributed by atoms with E-state index in [2.05, 4.69) is 0 Å². The lowest BCUT2D eigenvalue weighted by Crippen LogP contribution is -2.22. The van der Waals surface area contributed by atoms with E-state index >= 15 is 0 Å². The van der Waals surface area contributed by atoms with E-state index in [0.29, 0.717) is 12.6 Å². The standard InChI is InChI=1S/C7H12O3P/c8-3-1-6-5-11(10)7(6)2-4-9/h1,7-9H,2-5H2/q+1. The van der Waals surface area contributed by atoms with Gasteiger partial charge in [-0.2, -0.15) is 0 Å². The van der Waals surface area contributed by atoms with Crippen LogP contribution in [0.15, 0.2) is 11.6 Å².